The lowest BCUT2D eigenvalue weighted by atomic mass is 9.89. The van der Waals surface area contributed by atoms with Crippen molar-refractivity contribution in [3.63, 3.8) is 0 Å². The van der Waals surface area contributed by atoms with Gasteiger partial charge in [-0.1, -0.05) is 29.8 Å². The summed E-state index contributed by atoms with van der Waals surface area (Å²) < 4.78 is 6.99. The second-order valence-corrected chi connectivity index (χ2v) is 7.05. The molecule has 20 heavy (non-hydrogen) atoms. The first kappa shape index (κ1) is 17.0. The lowest BCUT2D eigenvalue weighted by molar-refractivity contribution is 0.291. The molecule has 1 rings (SSSR count). The molecule has 0 aromatic heterocycles. The Morgan fingerprint density at radius 1 is 1.30 bits per heavy atom. The number of ether oxygens (including phenoxy) is 1. The van der Waals surface area contributed by atoms with Gasteiger partial charge in [0.1, 0.15) is 5.75 Å². The minimum Gasteiger partial charge on any atom is -0.493 e. The van der Waals surface area contributed by atoms with Crippen molar-refractivity contribution in [2.45, 2.75) is 52.9 Å². The molecular weight excluding hydrogens is 314 g/mol. The number of benzene rings is 1. The van der Waals surface area contributed by atoms with Gasteiger partial charge >= 0.3 is 0 Å². The average Bonchev–Trinajstić information content (AvgIpc) is 2.39. The molecular formula is C17H24BrNO. The number of nitriles is 1. The highest BCUT2D eigenvalue weighted by molar-refractivity contribution is 9.10. The number of halogens is 1. The maximum absolute atomic E-state index is 8.97. The van der Waals surface area contributed by atoms with Crippen LogP contribution in [-0.2, 0) is 0 Å². The van der Waals surface area contributed by atoms with Gasteiger partial charge in [0.05, 0.1) is 18.1 Å². The molecule has 0 saturated heterocycles. The summed E-state index contributed by atoms with van der Waals surface area (Å²) in [5, 5.41) is 8.97. The molecule has 0 aliphatic rings. The maximum atomic E-state index is 8.97. The molecule has 2 nitrogen and oxygen atoms in total. The lowest BCUT2D eigenvalue weighted by Gasteiger charge is -2.16. The highest BCUT2D eigenvalue weighted by atomic mass is 79.9. The Labute approximate surface area is 131 Å². The molecule has 0 heterocycles. The van der Waals surface area contributed by atoms with Crippen molar-refractivity contribution in [1.82, 2.24) is 0 Å². The van der Waals surface area contributed by atoms with Gasteiger partial charge in [0, 0.05) is 4.47 Å². The summed E-state index contributed by atoms with van der Waals surface area (Å²) in [6.07, 6.45) is 2.93. The molecule has 110 valence electrons. The number of rotatable bonds is 7. The minimum atomic E-state index is -0.222. The van der Waals surface area contributed by atoms with E-state index >= 15 is 0 Å². The zero-order valence-corrected chi connectivity index (χ0v) is 14.5. The second kappa shape index (κ2) is 7.69. The van der Waals surface area contributed by atoms with Crippen molar-refractivity contribution in [2.75, 3.05) is 6.61 Å². The number of nitrogens with zero attached hydrogens (tertiary/aromatic N) is 1. The summed E-state index contributed by atoms with van der Waals surface area (Å²) in [5.41, 5.74) is 1.01. The Bertz CT molecular complexity index is 474. The van der Waals surface area contributed by atoms with Crippen molar-refractivity contribution >= 4 is 15.9 Å². The Kier molecular flexibility index (Phi) is 6.55. The maximum Gasteiger partial charge on any atom is 0.122 e. The zero-order valence-electron chi connectivity index (χ0n) is 12.9. The molecule has 0 radical (unpaired) electrons. The highest BCUT2D eigenvalue weighted by Crippen LogP contribution is 2.30. The van der Waals surface area contributed by atoms with Crippen LogP contribution in [0.25, 0.3) is 0 Å². The van der Waals surface area contributed by atoms with Crippen LogP contribution >= 0.6 is 15.9 Å². The zero-order chi connectivity index (χ0) is 15.2. The van der Waals surface area contributed by atoms with Gasteiger partial charge in [0.2, 0.25) is 0 Å². The predicted molar refractivity (Wildman–Crippen MR) is 87.0 cm³/mol. The van der Waals surface area contributed by atoms with Crippen LogP contribution in [-0.4, -0.2) is 6.61 Å². The van der Waals surface area contributed by atoms with E-state index in [2.05, 4.69) is 41.9 Å². The minimum absolute atomic E-state index is 0.222. The fraction of sp³-hybridized carbons (Fsp3) is 0.588. The van der Waals surface area contributed by atoms with Crippen molar-refractivity contribution in [1.29, 1.82) is 5.26 Å². The summed E-state index contributed by atoms with van der Waals surface area (Å²) >= 11 is 3.50. The summed E-state index contributed by atoms with van der Waals surface area (Å²) in [6.45, 7) is 9.02. The largest absolute Gasteiger partial charge is 0.493 e. The van der Waals surface area contributed by atoms with Crippen molar-refractivity contribution in [3.05, 3.63) is 28.2 Å². The molecule has 0 unspecified atom stereocenters. The monoisotopic (exact) mass is 337 g/mol. The lowest BCUT2D eigenvalue weighted by Crippen LogP contribution is -2.08. The van der Waals surface area contributed by atoms with Crippen LogP contribution < -0.4 is 4.74 Å². The summed E-state index contributed by atoms with van der Waals surface area (Å²) in [7, 11) is 0. The van der Waals surface area contributed by atoms with Gasteiger partial charge in [-0.05, 0) is 62.8 Å². The van der Waals surface area contributed by atoms with Crippen molar-refractivity contribution in [3.8, 4) is 11.8 Å². The van der Waals surface area contributed by atoms with Gasteiger partial charge < -0.3 is 4.74 Å². The number of hydrogen-bond donors (Lipinski definition) is 0. The van der Waals surface area contributed by atoms with Gasteiger partial charge in [-0.3, -0.25) is 0 Å². The first-order chi connectivity index (χ1) is 9.35. The molecule has 3 heteroatoms. The van der Waals surface area contributed by atoms with Crippen molar-refractivity contribution in [2.24, 2.45) is 5.41 Å². The van der Waals surface area contributed by atoms with E-state index in [1.54, 1.807) is 0 Å². The second-order valence-electron chi connectivity index (χ2n) is 6.14. The molecule has 0 bridgehead atoms. The van der Waals surface area contributed by atoms with E-state index in [0.29, 0.717) is 12.5 Å². The standard InChI is InChI=1S/C17H24BrNO/c1-13(2)15-11-14(18)7-8-16(15)20-10-6-5-9-17(3,4)12-19/h7-8,11,13H,5-6,9-10H2,1-4H3. The third kappa shape index (κ3) is 5.54. The SMILES string of the molecule is CC(C)c1cc(Br)ccc1OCCCCC(C)(C)C#N. The molecule has 0 aliphatic heterocycles. The highest BCUT2D eigenvalue weighted by Gasteiger charge is 2.15. The fourth-order valence-corrected chi connectivity index (χ4v) is 2.39. The Hall–Kier alpha value is -1.01. The van der Waals surface area contributed by atoms with E-state index in [9.17, 15) is 0 Å². The molecule has 0 saturated carbocycles. The first-order valence-corrected chi connectivity index (χ1v) is 7.98. The summed E-state index contributed by atoms with van der Waals surface area (Å²) in [5.74, 6) is 1.42. The third-order valence-corrected chi connectivity index (χ3v) is 3.84. The summed E-state index contributed by atoms with van der Waals surface area (Å²) in [6, 6.07) is 8.50. The van der Waals surface area contributed by atoms with E-state index in [1.165, 1.54) is 5.56 Å². The average molecular weight is 338 g/mol. The molecule has 0 amide bonds. The quantitative estimate of drug-likeness (QED) is 0.600. The van der Waals surface area contributed by atoms with Crippen LogP contribution in [0.1, 0.15) is 58.4 Å². The smallest absolute Gasteiger partial charge is 0.122 e. The van der Waals surface area contributed by atoms with Gasteiger partial charge in [-0.15, -0.1) is 0 Å². The number of hydrogen-bond acceptors (Lipinski definition) is 2. The number of unbranched alkanes of at least 4 members (excludes halogenated alkanes) is 1. The van der Waals surface area contributed by atoms with E-state index in [-0.39, 0.29) is 5.41 Å². The third-order valence-electron chi connectivity index (χ3n) is 3.35. The normalized spacial score (nSPS) is 11.4. The molecule has 1 aromatic carbocycles. The van der Waals surface area contributed by atoms with Gasteiger partial charge in [-0.25, -0.2) is 0 Å². The molecule has 0 N–H and O–H groups in total. The van der Waals surface area contributed by atoms with Gasteiger partial charge in [-0.2, -0.15) is 5.26 Å². The fourth-order valence-electron chi connectivity index (χ4n) is 2.01. The van der Waals surface area contributed by atoms with Crippen molar-refractivity contribution < 1.29 is 4.74 Å². The predicted octanol–water partition coefficient (Wildman–Crippen LogP) is 5.67. The molecule has 1 aromatic rings. The molecule has 0 aliphatic carbocycles. The van der Waals surface area contributed by atoms with E-state index in [0.717, 1.165) is 29.5 Å². The Morgan fingerprint density at radius 3 is 2.60 bits per heavy atom. The van der Waals surface area contributed by atoms with Crippen LogP contribution in [0.15, 0.2) is 22.7 Å². The van der Waals surface area contributed by atoms with Crippen LogP contribution in [0, 0.1) is 16.7 Å². The van der Waals surface area contributed by atoms with E-state index < -0.39 is 0 Å². The van der Waals surface area contributed by atoms with Crippen LogP contribution in [0.2, 0.25) is 0 Å². The van der Waals surface area contributed by atoms with Crippen LogP contribution in [0.5, 0.6) is 5.75 Å². The van der Waals surface area contributed by atoms with Gasteiger partial charge in [0.15, 0.2) is 0 Å². The molecule has 0 atom stereocenters. The molecule has 0 fully saturated rings. The Morgan fingerprint density at radius 2 is 2.00 bits per heavy atom. The van der Waals surface area contributed by atoms with Gasteiger partial charge in [0.25, 0.3) is 0 Å². The first-order valence-electron chi connectivity index (χ1n) is 7.19. The van der Waals surface area contributed by atoms with E-state index in [1.807, 2.05) is 26.0 Å². The van der Waals surface area contributed by atoms with Crippen LogP contribution in [0.3, 0.4) is 0 Å². The topological polar surface area (TPSA) is 33.0 Å². The van der Waals surface area contributed by atoms with Crippen LogP contribution in [0.4, 0.5) is 0 Å². The van der Waals surface area contributed by atoms with E-state index in [4.69, 9.17) is 10.00 Å². The Balaban J connectivity index is 2.45. The summed E-state index contributed by atoms with van der Waals surface area (Å²) in [4.78, 5) is 0. The molecule has 0 spiro atoms.